The van der Waals surface area contributed by atoms with Gasteiger partial charge in [0, 0.05) is 52.4 Å². The molecule has 3 saturated heterocycles. The maximum absolute atomic E-state index is 12.4. The van der Waals surface area contributed by atoms with Crippen LogP contribution in [0, 0.1) is 0 Å². The van der Waals surface area contributed by atoms with E-state index in [-0.39, 0.29) is 17.9 Å². The molecule has 0 radical (unpaired) electrons. The molecule has 0 spiro atoms. The topological polar surface area (TPSA) is 65.6 Å². The summed E-state index contributed by atoms with van der Waals surface area (Å²) in [5, 5.41) is 0. The van der Waals surface area contributed by atoms with E-state index < -0.39 is 0 Å². The lowest BCUT2D eigenvalue weighted by molar-refractivity contribution is -0.140. The SMILES string of the molecule is CC1CN(C(=O)CN2CCN(C(=O)CN3CCOCC3)CC2)CCO1. The number of nitrogens with zero attached hydrogens (tertiary/aromatic N) is 4. The zero-order valence-corrected chi connectivity index (χ0v) is 15.2. The maximum Gasteiger partial charge on any atom is 0.236 e. The smallest absolute Gasteiger partial charge is 0.236 e. The molecule has 3 aliphatic heterocycles. The van der Waals surface area contributed by atoms with Gasteiger partial charge >= 0.3 is 0 Å². The third-order valence-electron chi connectivity index (χ3n) is 5.14. The van der Waals surface area contributed by atoms with E-state index in [9.17, 15) is 9.59 Å². The van der Waals surface area contributed by atoms with Crippen LogP contribution in [0.5, 0.6) is 0 Å². The number of rotatable bonds is 4. The summed E-state index contributed by atoms with van der Waals surface area (Å²) < 4.78 is 10.8. The number of piperazine rings is 1. The van der Waals surface area contributed by atoms with E-state index in [1.165, 1.54) is 0 Å². The number of carbonyl (C=O) groups is 2. The molecule has 8 nitrogen and oxygen atoms in total. The van der Waals surface area contributed by atoms with Crippen molar-refractivity contribution < 1.29 is 19.1 Å². The highest BCUT2D eigenvalue weighted by Crippen LogP contribution is 2.08. The van der Waals surface area contributed by atoms with E-state index in [1.54, 1.807) is 0 Å². The summed E-state index contributed by atoms with van der Waals surface area (Å²) in [6.07, 6.45) is 0.118. The second-order valence-corrected chi connectivity index (χ2v) is 7.07. The molecule has 25 heavy (non-hydrogen) atoms. The van der Waals surface area contributed by atoms with Crippen molar-refractivity contribution in [3.63, 3.8) is 0 Å². The van der Waals surface area contributed by atoms with Gasteiger partial charge in [-0.3, -0.25) is 19.4 Å². The van der Waals surface area contributed by atoms with Gasteiger partial charge in [-0.05, 0) is 6.92 Å². The Balaban J connectivity index is 1.37. The van der Waals surface area contributed by atoms with Crippen molar-refractivity contribution in [3.05, 3.63) is 0 Å². The zero-order valence-electron chi connectivity index (χ0n) is 15.2. The number of hydrogen-bond acceptors (Lipinski definition) is 6. The monoisotopic (exact) mass is 354 g/mol. The number of amides is 2. The summed E-state index contributed by atoms with van der Waals surface area (Å²) in [6, 6.07) is 0. The van der Waals surface area contributed by atoms with E-state index >= 15 is 0 Å². The third kappa shape index (κ3) is 5.37. The number of ether oxygens (including phenoxy) is 2. The van der Waals surface area contributed by atoms with Gasteiger partial charge in [0.05, 0.1) is 39.0 Å². The minimum Gasteiger partial charge on any atom is -0.379 e. The fraction of sp³-hybridized carbons (Fsp3) is 0.882. The molecule has 3 aliphatic rings. The van der Waals surface area contributed by atoms with Gasteiger partial charge in [-0.15, -0.1) is 0 Å². The molecule has 3 rings (SSSR count). The highest BCUT2D eigenvalue weighted by Gasteiger charge is 2.27. The van der Waals surface area contributed by atoms with E-state index in [0.29, 0.717) is 59.1 Å². The van der Waals surface area contributed by atoms with Crippen molar-refractivity contribution in [2.45, 2.75) is 13.0 Å². The average molecular weight is 354 g/mol. The molecule has 3 fully saturated rings. The molecule has 8 heteroatoms. The first-order chi connectivity index (χ1) is 12.1. The summed E-state index contributed by atoms with van der Waals surface area (Å²) in [6.45, 7) is 10.9. The summed E-state index contributed by atoms with van der Waals surface area (Å²) in [5.74, 6) is 0.359. The lowest BCUT2D eigenvalue weighted by Crippen LogP contribution is -2.55. The van der Waals surface area contributed by atoms with Gasteiger partial charge in [-0.25, -0.2) is 0 Å². The van der Waals surface area contributed by atoms with Crippen LogP contribution in [0.4, 0.5) is 0 Å². The third-order valence-corrected chi connectivity index (χ3v) is 5.14. The molecule has 0 bridgehead atoms. The van der Waals surface area contributed by atoms with Crippen molar-refractivity contribution in [1.29, 1.82) is 0 Å². The first-order valence-electron chi connectivity index (χ1n) is 9.31. The molecule has 0 aromatic carbocycles. The van der Waals surface area contributed by atoms with Gasteiger partial charge in [-0.2, -0.15) is 0 Å². The Bertz CT molecular complexity index is 462. The maximum atomic E-state index is 12.4. The molecule has 0 aromatic heterocycles. The molecule has 0 N–H and O–H groups in total. The number of morpholine rings is 2. The van der Waals surface area contributed by atoms with Crippen LogP contribution in [0.1, 0.15) is 6.92 Å². The Morgan fingerprint density at radius 1 is 0.800 bits per heavy atom. The molecule has 1 unspecified atom stereocenters. The van der Waals surface area contributed by atoms with Crippen LogP contribution in [0.3, 0.4) is 0 Å². The normalized spacial score (nSPS) is 26.7. The van der Waals surface area contributed by atoms with Gasteiger partial charge in [0.15, 0.2) is 0 Å². The molecule has 2 amide bonds. The fourth-order valence-corrected chi connectivity index (χ4v) is 3.54. The van der Waals surface area contributed by atoms with Crippen molar-refractivity contribution >= 4 is 11.8 Å². The Kier molecular flexibility index (Phi) is 6.63. The van der Waals surface area contributed by atoms with E-state index in [2.05, 4.69) is 9.80 Å². The van der Waals surface area contributed by atoms with Crippen molar-refractivity contribution in [2.24, 2.45) is 0 Å². The Hall–Kier alpha value is -1.22. The molecule has 1 atom stereocenters. The van der Waals surface area contributed by atoms with Crippen LogP contribution in [-0.2, 0) is 19.1 Å². The molecule has 0 aromatic rings. The van der Waals surface area contributed by atoms with Crippen LogP contribution in [0.15, 0.2) is 0 Å². The minimum absolute atomic E-state index is 0.118. The highest BCUT2D eigenvalue weighted by molar-refractivity contribution is 5.79. The number of carbonyl (C=O) groups excluding carboxylic acids is 2. The standard InChI is InChI=1S/C17H30N4O4/c1-15-12-21(8-11-25-15)17(23)14-18-2-4-20(5-3-18)16(22)13-19-6-9-24-10-7-19/h15H,2-14H2,1H3. The largest absolute Gasteiger partial charge is 0.379 e. The van der Waals surface area contributed by atoms with Gasteiger partial charge in [0.1, 0.15) is 0 Å². The highest BCUT2D eigenvalue weighted by atomic mass is 16.5. The second kappa shape index (κ2) is 8.93. The quantitative estimate of drug-likeness (QED) is 0.626. The Morgan fingerprint density at radius 3 is 2.04 bits per heavy atom. The first-order valence-corrected chi connectivity index (χ1v) is 9.31. The lowest BCUT2D eigenvalue weighted by Gasteiger charge is -2.37. The van der Waals surface area contributed by atoms with Crippen LogP contribution in [0.25, 0.3) is 0 Å². The van der Waals surface area contributed by atoms with E-state index in [0.717, 1.165) is 26.2 Å². The van der Waals surface area contributed by atoms with Gasteiger partial charge in [-0.1, -0.05) is 0 Å². The summed E-state index contributed by atoms with van der Waals surface area (Å²) >= 11 is 0. The lowest BCUT2D eigenvalue weighted by atomic mass is 10.2. The molecule has 142 valence electrons. The molecule has 0 saturated carbocycles. The predicted molar refractivity (Wildman–Crippen MR) is 92.3 cm³/mol. The van der Waals surface area contributed by atoms with Crippen LogP contribution < -0.4 is 0 Å². The summed E-state index contributed by atoms with van der Waals surface area (Å²) in [7, 11) is 0. The molecule has 0 aliphatic carbocycles. The predicted octanol–water partition coefficient (Wildman–Crippen LogP) is -1.29. The van der Waals surface area contributed by atoms with E-state index in [4.69, 9.17) is 9.47 Å². The van der Waals surface area contributed by atoms with E-state index in [1.807, 2.05) is 16.7 Å². The van der Waals surface area contributed by atoms with Crippen molar-refractivity contribution in [3.8, 4) is 0 Å². The van der Waals surface area contributed by atoms with Crippen molar-refractivity contribution in [2.75, 3.05) is 85.3 Å². The molecule has 3 heterocycles. The minimum atomic E-state index is 0.118. The second-order valence-electron chi connectivity index (χ2n) is 7.07. The summed E-state index contributed by atoms with van der Waals surface area (Å²) in [4.78, 5) is 33.0. The molecular formula is C17H30N4O4. The number of hydrogen-bond donors (Lipinski definition) is 0. The first kappa shape index (κ1) is 18.6. The zero-order chi connectivity index (χ0) is 17.6. The van der Waals surface area contributed by atoms with Gasteiger partial charge < -0.3 is 19.3 Å². The van der Waals surface area contributed by atoms with Crippen LogP contribution in [-0.4, -0.2) is 123 Å². The average Bonchev–Trinajstić information content (AvgIpc) is 2.63. The van der Waals surface area contributed by atoms with Gasteiger partial charge in [0.2, 0.25) is 11.8 Å². The van der Waals surface area contributed by atoms with Crippen LogP contribution >= 0.6 is 0 Å². The molecular weight excluding hydrogens is 324 g/mol. The summed E-state index contributed by atoms with van der Waals surface area (Å²) in [5.41, 5.74) is 0. The fourth-order valence-electron chi connectivity index (χ4n) is 3.54. The van der Waals surface area contributed by atoms with Crippen LogP contribution in [0.2, 0.25) is 0 Å². The van der Waals surface area contributed by atoms with Gasteiger partial charge in [0.25, 0.3) is 0 Å². The van der Waals surface area contributed by atoms with Crippen molar-refractivity contribution in [1.82, 2.24) is 19.6 Å². The Labute approximate surface area is 149 Å². The Morgan fingerprint density at radius 2 is 1.40 bits per heavy atom.